The molecule has 0 radical (unpaired) electrons. The highest BCUT2D eigenvalue weighted by atomic mass is 35.5. The lowest BCUT2D eigenvalue weighted by Crippen LogP contribution is -2.32. The van der Waals surface area contributed by atoms with E-state index in [2.05, 4.69) is 17.2 Å². The summed E-state index contributed by atoms with van der Waals surface area (Å²) in [4.78, 5) is 11.4. The first-order valence-electron chi connectivity index (χ1n) is 5.89. The van der Waals surface area contributed by atoms with E-state index >= 15 is 0 Å². The number of nitrogen functional groups attached to an aromatic ring is 1. The quantitative estimate of drug-likeness (QED) is 0.616. The van der Waals surface area contributed by atoms with Crippen LogP contribution in [0.2, 0.25) is 10.0 Å². The van der Waals surface area contributed by atoms with E-state index in [1.165, 1.54) is 6.07 Å². The van der Waals surface area contributed by atoms with Crippen molar-refractivity contribution in [1.29, 1.82) is 0 Å². The van der Waals surface area contributed by atoms with E-state index in [1.54, 1.807) is 26.8 Å². The predicted molar refractivity (Wildman–Crippen MR) is 82.0 cm³/mol. The summed E-state index contributed by atoms with van der Waals surface area (Å²) < 4.78 is 5.07. The summed E-state index contributed by atoms with van der Waals surface area (Å²) >= 11 is 11.9. The molecule has 1 amide bonds. The average Bonchev–Trinajstić information content (AvgIpc) is 2.28. The van der Waals surface area contributed by atoms with Gasteiger partial charge in [0.2, 0.25) is 0 Å². The molecule has 0 saturated heterocycles. The highest BCUT2D eigenvalue weighted by Gasteiger charge is 2.15. The number of nitrogens with two attached hydrogens (primary N) is 1. The fourth-order valence-corrected chi connectivity index (χ4v) is 1.61. The number of nitrogens with one attached hydrogen (secondary N) is 1. The van der Waals surface area contributed by atoms with Gasteiger partial charge in [-0.3, -0.25) is 0 Å². The molecule has 0 aliphatic carbocycles. The zero-order valence-electron chi connectivity index (χ0n) is 11.5. The number of ether oxygens (including phenoxy) is 1. The minimum atomic E-state index is -0.536. The number of alkyl carbamates (subject to hydrolysis) is 1. The molecule has 0 atom stereocenters. The van der Waals surface area contributed by atoms with Crippen molar-refractivity contribution in [3.8, 4) is 11.8 Å². The van der Waals surface area contributed by atoms with Crippen molar-refractivity contribution in [2.24, 2.45) is 0 Å². The van der Waals surface area contributed by atoms with Crippen molar-refractivity contribution in [3.63, 3.8) is 0 Å². The van der Waals surface area contributed by atoms with Gasteiger partial charge in [0.25, 0.3) is 0 Å². The summed E-state index contributed by atoms with van der Waals surface area (Å²) in [7, 11) is 0. The van der Waals surface area contributed by atoms with Crippen molar-refractivity contribution in [2.75, 3.05) is 12.3 Å². The number of carbonyl (C=O) groups is 1. The van der Waals surface area contributed by atoms with Crippen molar-refractivity contribution in [1.82, 2.24) is 5.32 Å². The molecule has 1 aromatic rings. The van der Waals surface area contributed by atoms with Crippen LogP contribution in [0, 0.1) is 11.8 Å². The van der Waals surface area contributed by atoms with Crippen LogP contribution in [-0.2, 0) is 4.74 Å². The number of hydrogen-bond donors (Lipinski definition) is 2. The second-order valence-electron chi connectivity index (χ2n) is 5.01. The second-order valence-corrected chi connectivity index (χ2v) is 5.83. The molecule has 0 saturated carbocycles. The molecule has 0 spiro atoms. The third-order valence-electron chi connectivity index (χ3n) is 2.03. The molecule has 6 heteroatoms. The summed E-state index contributed by atoms with van der Waals surface area (Å²) in [5.74, 6) is 5.57. The number of halogens is 2. The molecular formula is C14H16Cl2N2O2. The van der Waals surface area contributed by atoms with Crippen LogP contribution in [-0.4, -0.2) is 18.2 Å². The standard InChI is InChI=1S/C14H16Cl2N2O2/c1-14(2,3)20-13(19)18-6-4-5-9-7-11(16)12(17)8-10(9)15/h7-8H,6,17H2,1-3H3,(H,18,19). The molecular weight excluding hydrogens is 299 g/mol. The monoisotopic (exact) mass is 314 g/mol. The van der Waals surface area contributed by atoms with Crippen molar-refractivity contribution >= 4 is 35.0 Å². The molecule has 108 valence electrons. The Morgan fingerprint density at radius 3 is 2.60 bits per heavy atom. The van der Waals surface area contributed by atoms with E-state index in [1.807, 2.05) is 0 Å². The molecule has 0 heterocycles. The van der Waals surface area contributed by atoms with Gasteiger partial charge >= 0.3 is 6.09 Å². The average molecular weight is 315 g/mol. The van der Waals surface area contributed by atoms with Crippen LogP contribution in [0.5, 0.6) is 0 Å². The first-order chi connectivity index (χ1) is 9.19. The van der Waals surface area contributed by atoms with Crippen LogP contribution in [0.15, 0.2) is 12.1 Å². The lowest BCUT2D eigenvalue weighted by atomic mass is 10.2. The van der Waals surface area contributed by atoms with Gasteiger partial charge in [-0.1, -0.05) is 35.0 Å². The topological polar surface area (TPSA) is 64.3 Å². The van der Waals surface area contributed by atoms with Crippen LogP contribution in [0.4, 0.5) is 10.5 Å². The van der Waals surface area contributed by atoms with Gasteiger partial charge in [0.15, 0.2) is 0 Å². The van der Waals surface area contributed by atoms with Gasteiger partial charge in [0, 0.05) is 5.56 Å². The number of anilines is 1. The Morgan fingerprint density at radius 1 is 1.35 bits per heavy atom. The van der Waals surface area contributed by atoms with Crippen LogP contribution >= 0.6 is 23.2 Å². The Bertz CT molecular complexity index is 569. The van der Waals surface area contributed by atoms with Crippen LogP contribution in [0.25, 0.3) is 0 Å². The molecule has 0 bridgehead atoms. The van der Waals surface area contributed by atoms with E-state index in [-0.39, 0.29) is 6.54 Å². The van der Waals surface area contributed by atoms with Gasteiger partial charge in [-0.2, -0.15) is 0 Å². The number of rotatable bonds is 1. The summed E-state index contributed by atoms with van der Waals surface area (Å²) in [6, 6.07) is 3.12. The Morgan fingerprint density at radius 2 is 2.00 bits per heavy atom. The van der Waals surface area contributed by atoms with E-state index < -0.39 is 11.7 Å². The minimum Gasteiger partial charge on any atom is -0.444 e. The third kappa shape index (κ3) is 5.60. The zero-order chi connectivity index (χ0) is 15.3. The molecule has 0 fully saturated rings. The van der Waals surface area contributed by atoms with Crippen molar-refractivity contribution < 1.29 is 9.53 Å². The van der Waals surface area contributed by atoms with Gasteiger partial charge in [-0.25, -0.2) is 4.79 Å². The molecule has 3 N–H and O–H groups in total. The lowest BCUT2D eigenvalue weighted by Gasteiger charge is -2.19. The summed E-state index contributed by atoms with van der Waals surface area (Å²) in [6.45, 7) is 5.50. The van der Waals surface area contributed by atoms with Crippen LogP contribution in [0.3, 0.4) is 0 Å². The second kappa shape index (κ2) is 6.74. The molecule has 20 heavy (non-hydrogen) atoms. The molecule has 1 aromatic carbocycles. The normalized spacial score (nSPS) is 10.4. The predicted octanol–water partition coefficient (Wildman–Crippen LogP) is 3.45. The van der Waals surface area contributed by atoms with E-state index in [0.717, 1.165) is 0 Å². The first-order valence-corrected chi connectivity index (χ1v) is 6.65. The maximum absolute atomic E-state index is 11.4. The third-order valence-corrected chi connectivity index (χ3v) is 2.67. The summed E-state index contributed by atoms with van der Waals surface area (Å²) in [5.41, 5.74) is 6.02. The maximum atomic E-state index is 11.4. The number of benzene rings is 1. The Kier molecular flexibility index (Phi) is 5.55. The highest BCUT2D eigenvalue weighted by molar-refractivity contribution is 6.35. The fraction of sp³-hybridized carbons (Fsp3) is 0.357. The number of amides is 1. The highest BCUT2D eigenvalue weighted by Crippen LogP contribution is 2.26. The number of hydrogen-bond acceptors (Lipinski definition) is 3. The smallest absolute Gasteiger partial charge is 0.408 e. The first kappa shape index (κ1) is 16.5. The largest absolute Gasteiger partial charge is 0.444 e. The molecule has 0 aromatic heterocycles. The van der Waals surface area contributed by atoms with E-state index in [9.17, 15) is 4.79 Å². The zero-order valence-corrected chi connectivity index (χ0v) is 13.0. The van der Waals surface area contributed by atoms with Crippen molar-refractivity contribution in [2.45, 2.75) is 26.4 Å². The van der Waals surface area contributed by atoms with Gasteiger partial charge in [0.1, 0.15) is 5.60 Å². The minimum absolute atomic E-state index is 0.146. The molecule has 0 aliphatic heterocycles. The lowest BCUT2D eigenvalue weighted by molar-refractivity contribution is 0.0535. The van der Waals surface area contributed by atoms with Crippen molar-refractivity contribution in [3.05, 3.63) is 27.7 Å². The summed E-state index contributed by atoms with van der Waals surface area (Å²) in [6.07, 6.45) is -0.520. The molecule has 1 rings (SSSR count). The van der Waals surface area contributed by atoms with E-state index in [4.69, 9.17) is 33.7 Å². The maximum Gasteiger partial charge on any atom is 0.408 e. The van der Waals surface area contributed by atoms with Gasteiger partial charge in [-0.05, 0) is 32.9 Å². The van der Waals surface area contributed by atoms with E-state index in [0.29, 0.717) is 21.3 Å². The summed E-state index contributed by atoms with van der Waals surface area (Å²) in [5, 5.41) is 3.32. The Balaban J connectivity index is 2.60. The van der Waals surface area contributed by atoms with Gasteiger partial charge < -0.3 is 15.8 Å². The molecule has 4 nitrogen and oxygen atoms in total. The SMILES string of the molecule is CC(C)(C)OC(=O)NCC#Cc1cc(Cl)c(N)cc1Cl. The fourth-order valence-electron chi connectivity index (χ4n) is 1.23. The van der Waals surface area contributed by atoms with Gasteiger partial charge in [0.05, 0.1) is 22.3 Å². The molecule has 0 aliphatic rings. The Labute approximate surface area is 128 Å². The number of carbonyl (C=O) groups excluding carboxylic acids is 1. The Hall–Kier alpha value is -1.57. The van der Waals surface area contributed by atoms with Crippen LogP contribution < -0.4 is 11.1 Å². The van der Waals surface area contributed by atoms with Crippen LogP contribution in [0.1, 0.15) is 26.3 Å². The van der Waals surface area contributed by atoms with Gasteiger partial charge in [-0.15, -0.1) is 0 Å². The molecule has 0 unspecified atom stereocenters.